The second-order valence-electron chi connectivity index (χ2n) is 5.53. The number of fused-ring (bicyclic) bond motifs is 3. The van der Waals surface area contributed by atoms with E-state index in [0.717, 1.165) is 39.7 Å². The highest BCUT2D eigenvalue weighted by Gasteiger charge is 2.22. The van der Waals surface area contributed by atoms with Crippen molar-refractivity contribution in [1.82, 2.24) is 0 Å². The molecule has 21 heavy (non-hydrogen) atoms. The van der Waals surface area contributed by atoms with Crippen LogP contribution >= 0.6 is 18.5 Å². The lowest BCUT2D eigenvalue weighted by atomic mass is 10.0. The first-order chi connectivity index (χ1) is 10.1. The van der Waals surface area contributed by atoms with Gasteiger partial charge in [0.2, 0.25) is 0 Å². The zero-order valence-electron chi connectivity index (χ0n) is 12.3. The number of ether oxygens (including phenoxy) is 2. The fraction of sp³-hybridized carbons (Fsp3) is 0.294. The van der Waals surface area contributed by atoms with Crippen LogP contribution in [0.25, 0.3) is 11.1 Å². The van der Waals surface area contributed by atoms with Crippen LogP contribution in [-0.2, 0) is 0 Å². The maximum absolute atomic E-state index is 6.18. The largest absolute Gasteiger partial charge is 0.490 e. The van der Waals surface area contributed by atoms with Crippen LogP contribution in [0.5, 0.6) is 11.5 Å². The lowest BCUT2D eigenvalue weighted by Gasteiger charge is -2.18. The fourth-order valence-corrected chi connectivity index (χ4v) is 3.62. The Balaban J connectivity index is 2.29. The molecule has 4 atom stereocenters. The molecule has 2 aromatic carbocycles. The van der Waals surface area contributed by atoms with Gasteiger partial charge in [-0.25, -0.2) is 0 Å². The molecule has 1 aliphatic heterocycles. The second-order valence-corrected chi connectivity index (χ2v) is 6.78. The van der Waals surface area contributed by atoms with Gasteiger partial charge in [-0.3, -0.25) is 0 Å². The van der Waals surface area contributed by atoms with Crippen LogP contribution in [0.4, 0.5) is 0 Å². The number of hydrogen-bond acceptors (Lipinski definition) is 2. The van der Waals surface area contributed by atoms with Crippen molar-refractivity contribution in [2.75, 3.05) is 0 Å². The fourth-order valence-electron chi connectivity index (χ4n) is 2.82. The monoisotopic (exact) mass is 318 g/mol. The Morgan fingerprint density at radius 3 is 1.67 bits per heavy atom. The molecule has 0 N–H and O–H groups in total. The van der Waals surface area contributed by atoms with Crippen LogP contribution in [0.15, 0.2) is 36.4 Å². The molecule has 0 saturated carbocycles. The summed E-state index contributed by atoms with van der Waals surface area (Å²) in [4.78, 5) is 0. The van der Waals surface area contributed by atoms with Gasteiger partial charge in [0.15, 0.2) is 0 Å². The van der Waals surface area contributed by atoms with E-state index < -0.39 is 0 Å². The Morgan fingerprint density at radius 1 is 0.810 bits per heavy atom. The van der Waals surface area contributed by atoms with Crippen LogP contribution in [0.2, 0.25) is 0 Å². The molecule has 110 valence electrons. The predicted molar refractivity (Wildman–Crippen MR) is 95.4 cm³/mol. The van der Waals surface area contributed by atoms with Crippen molar-refractivity contribution in [2.24, 2.45) is 0 Å². The highest BCUT2D eigenvalue weighted by Crippen LogP contribution is 2.38. The zero-order valence-corrected chi connectivity index (χ0v) is 14.6. The van der Waals surface area contributed by atoms with E-state index in [4.69, 9.17) is 9.47 Å². The van der Waals surface area contributed by atoms with Crippen molar-refractivity contribution >= 4 is 29.1 Å². The minimum atomic E-state index is 0.118. The van der Waals surface area contributed by atoms with E-state index in [-0.39, 0.29) is 12.2 Å². The van der Waals surface area contributed by atoms with Gasteiger partial charge < -0.3 is 9.47 Å². The molecule has 0 bridgehead atoms. The van der Waals surface area contributed by atoms with Gasteiger partial charge in [-0.05, 0) is 36.6 Å². The normalized spacial score (nSPS) is 21.0. The molecule has 2 nitrogen and oxygen atoms in total. The third-order valence-electron chi connectivity index (χ3n) is 3.69. The summed E-state index contributed by atoms with van der Waals surface area (Å²) in [5.41, 5.74) is 2.20. The summed E-state index contributed by atoms with van der Waals surface area (Å²) in [5.74, 6) is 1.84. The molecule has 0 saturated heterocycles. The summed E-state index contributed by atoms with van der Waals surface area (Å²) in [5, 5.41) is 2.24. The van der Waals surface area contributed by atoms with Crippen molar-refractivity contribution in [3.05, 3.63) is 36.4 Å². The molecular formula is C17H20O2P2. The third kappa shape index (κ3) is 2.93. The van der Waals surface area contributed by atoms with Gasteiger partial charge >= 0.3 is 0 Å². The number of rotatable bonds is 0. The van der Waals surface area contributed by atoms with Crippen LogP contribution in [-0.4, -0.2) is 12.2 Å². The van der Waals surface area contributed by atoms with Crippen LogP contribution in [0, 0.1) is 0 Å². The van der Waals surface area contributed by atoms with Crippen molar-refractivity contribution < 1.29 is 9.47 Å². The minimum Gasteiger partial charge on any atom is -0.490 e. The van der Waals surface area contributed by atoms with Crippen molar-refractivity contribution in [2.45, 2.75) is 32.5 Å². The SMILES string of the molecule is C[C@H]1C[C@H](C)Oc2cccc(P)c2-c2c(P)cccc2O1. The molecule has 1 heterocycles. The molecule has 0 spiro atoms. The number of hydrogen-bond donors (Lipinski definition) is 0. The number of benzene rings is 2. The molecule has 0 aromatic heterocycles. The lowest BCUT2D eigenvalue weighted by Crippen LogP contribution is -2.22. The van der Waals surface area contributed by atoms with Gasteiger partial charge in [0.25, 0.3) is 0 Å². The average molecular weight is 318 g/mol. The van der Waals surface area contributed by atoms with Gasteiger partial charge in [-0.1, -0.05) is 24.3 Å². The maximum Gasteiger partial charge on any atom is 0.128 e. The second kappa shape index (κ2) is 5.95. The zero-order chi connectivity index (χ0) is 15.0. The summed E-state index contributed by atoms with van der Waals surface area (Å²) in [7, 11) is 5.61. The van der Waals surface area contributed by atoms with Gasteiger partial charge in [0.1, 0.15) is 11.5 Å². The summed E-state index contributed by atoms with van der Waals surface area (Å²) in [6, 6.07) is 12.3. The van der Waals surface area contributed by atoms with Crippen LogP contribution in [0.1, 0.15) is 20.3 Å². The predicted octanol–water partition coefficient (Wildman–Crippen LogP) is 3.29. The molecule has 0 aliphatic carbocycles. The first-order valence-corrected chi connectivity index (χ1v) is 8.32. The standard InChI is InChI=1S/C17H20O2P2/c1-10-9-11(2)19-13-6-4-8-15(21)17(13)16-12(18-10)5-3-7-14(16)20/h3-8,10-11H,9,20-21H2,1-2H3/t10-,11-/m0/s1. The van der Waals surface area contributed by atoms with E-state index in [1.165, 1.54) is 0 Å². The Bertz CT molecular complexity index is 612. The first-order valence-electron chi connectivity index (χ1n) is 7.17. The molecule has 2 unspecified atom stereocenters. The van der Waals surface area contributed by atoms with E-state index in [1.54, 1.807) is 0 Å². The van der Waals surface area contributed by atoms with Gasteiger partial charge in [-0.2, -0.15) is 0 Å². The van der Waals surface area contributed by atoms with Crippen molar-refractivity contribution in [1.29, 1.82) is 0 Å². The van der Waals surface area contributed by atoms with Gasteiger partial charge in [0, 0.05) is 17.5 Å². The molecule has 2 aromatic rings. The Labute approximate surface area is 130 Å². The first kappa shape index (κ1) is 14.8. The summed E-state index contributed by atoms with van der Waals surface area (Å²) in [6.07, 6.45) is 1.10. The van der Waals surface area contributed by atoms with E-state index in [1.807, 2.05) is 24.3 Å². The smallest absolute Gasteiger partial charge is 0.128 e. The quantitative estimate of drug-likeness (QED) is 0.694. The average Bonchev–Trinajstić information content (AvgIpc) is 2.45. The highest BCUT2D eigenvalue weighted by molar-refractivity contribution is 7.29. The topological polar surface area (TPSA) is 18.5 Å². The minimum absolute atomic E-state index is 0.118. The van der Waals surface area contributed by atoms with Crippen LogP contribution < -0.4 is 20.1 Å². The molecule has 0 radical (unpaired) electrons. The van der Waals surface area contributed by atoms with E-state index >= 15 is 0 Å². The summed E-state index contributed by atoms with van der Waals surface area (Å²) >= 11 is 0. The Hall–Kier alpha value is -1.10. The van der Waals surface area contributed by atoms with Crippen LogP contribution in [0.3, 0.4) is 0 Å². The van der Waals surface area contributed by atoms with E-state index in [2.05, 4.69) is 44.5 Å². The maximum atomic E-state index is 6.18. The van der Waals surface area contributed by atoms with Gasteiger partial charge in [0.05, 0.1) is 12.2 Å². The Morgan fingerprint density at radius 2 is 1.24 bits per heavy atom. The van der Waals surface area contributed by atoms with E-state index in [9.17, 15) is 0 Å². The summed E-state index contributed by atoms with van der Waals surface area (Å²) in [6.45, 7) is 4.19. The molecular weight excluding hydrogens is 298 g/mol. The molecule has 3 rings (SSSR count). The van der Waals surface area contributed by atoms with Crippen molar-refractivity contribution in [3.63, 3.8) is 0 Å². The van der Waals surface area contributed by atoms with Crippen molar-refractivity contribution in [3.8, 4) is 22.6 Å². The highest BCUT2D eigenvalue weighted by atomic mass is 31.0. The summed E-state index contributed by atoms with van der Waals surface area (Å²) < 4.78 is 12.4. The molecule has 4 heteroatoms. The molecule has 0 amide bonds. The molecule has 0 fully saturated rings. The lowest BCUT2D eigenvalue weighted by molar-refractivity contribution is 0.134. The van der Waals surface area contributed by atoms with E-state index in [0.29, 0.717) is 0 Å². The Kier molecular flexibility index (Phi) is 4.20. The van der Waals surface area contributed by atoms with Gasteiger partial charge in [-0.15, -0.1) is 18.5 Å². The third-order valence-corrected chi connectivity index (χ3v) is 4.65. The molecule has 1 aliphatic rings.